The van der Waals surface area contributed by atoms with Crippen molar-refractivity contribution in [2.45, 2.75) is 13.0 Å². The van der Waals surface area contributed by atoms with E-state index in [0.29, 0.717) is 41.5 Å². The number of pyridine rings is 1. The van der Waals surface area contributed by atoms with Crippen LogP contribution in [0.25, 0.3) is 11.1 Å². The Hall–Kier alpha value is -3.53. The standard InChI is InChI=1S/C20H20FN5O4/c1-12(27)23-10-15-11-26(20(28)30-15)14-3-4-16(17(21)8-14)13-2-5-18(24-9-13)19-22-6-7-29-25-19/h2-5,8-9,15H,6-7,10-11H2,1H3,(H,22,25)(H,23,27). The van der Waals surface area contributed by atoms with Crippen LogP contribution in [0.1, 0.15) is 12.6 Å². The van der Waals surface area contributed by atoms with Gasteiger partial charge in [0.25, 0.3) is 0 Å². The summed E-state index contributed by atoms with van der Waals surface area (Å²) in [5.41, 5.74) is 4.64. The number of hydrogen-bond acceptors (Lipinski definition) is 7. The number of cyclic esters (lactones) is 1. The molecule has 2 N–H and O–H groups in total. The zero-order valence-corrected chi connectivity index (χ0v) is 16.2. The van der Waals surface area contributed by atoms with Crippen LogP contribution in [-0.4, -0.2) is 55.2 Å². The average molecular weight is 413 g/mol. The van der Waals surface area contributed by atoms with Crippen LogP contribution in [0.3, 0.4) is 0 Å². The third kappa shape index (κ3) is 4.23. The Kier molecular flexibility index (Phi) is 5.57. The van der Waals surface area contributed by atoms with E-state index in [4.69, 9.17) is 9.57 Å². The van der Waals surface area contributed by atoms with Gasteiger partial charge < -0.3 is 10.1 Å². The number of carbonyl (C=O) groups excluding carboxylic acids is 2. The third-order valence-electron chi connectivity index (χ3n) is 4.67. The van der Waals surface area contributed by atoms with Gasteiger partial charge in [-0.2, -0.15) is 0 Å². The van der Waals surface area contributed by atoms with Crippen LogP contribution in [-0.2, 0) is 14.4 Å². The summed E-state index contributed by atoms with van der Waals surface area (Å²) in [6, 6.07) is 8.00. The first-order chi connectivity index (χ1) is 14.5. The molecule has 1 fully saturated rings. The lowest BCUT2D eigenvalue weighted by Gasteiger charge is -2.15. The zero-order valence-electron chi connectivity index (χ0n) is 16.2. The van der Waals surface area contributed by atoms with Crippen molar-refractivity contribution in [2.24, 2.45) is 4.99 Å². The highest BCUT2D eigenvalue weighted by molar-refractivity contribution is 5.96. The molecule has 0 radical (unpaired) electrons. The number of rotatable bonds is 5. The van der Waals surface area contributed by atoms with Crippen molar-refractivity contribution in [3.05, 3.63) is 48.0 Å². The van der Waals surface area contributed by atoms with Gasteiger partial charge in [-0.3, -0.25) is 24.5 Å². The fourth-order valence-corrected chi connectivity index (χ4v) is 3.18. The zero-order chi connectivity index (χ0) is 21.1. The van der Waals surface area contributed by atoms with Gasteiger partial charge in [0, 0.05) is 24.2 Å². The molecule has 0 aliphatic carbocycles. The molecule has 1 aromatic heterocycles. The first-order valence-corrected chi connectivity index (χ1v) is 9.42. The smallest absolute Gasteiger partial charge is 0.414 e. The Morgan fingerprint density at radius 2 is 2.23 bits per heavy atom. The number of nitrogens with one attached hydrogen (secondary N) is 2. The number of anilines is 1. The lowest BCUT2D eigenvalue weighted by Crippen LogP contribution is -2.33. The van der Waals surface area contributed by atoms with Crippen LogP contribution >= 0.6 is 0 Å². The maximum Gasteiger partial charge on any atom is 0.414 e. The largest absolute Gasteiger partial charge is 0.442 e. The summed E-state index contributed by atoms with van der Waals surface area (Å²) in [6.45, 7) is 2.87. The van der Waals surface area contributed by atoms with Gasteiger partial charge in [0.15, 0.2) is 5.84 Å². The number of ether oxygens (including phenoxy) is 1. The number of amidine groups is 1. The molecule has 3 heterocycles. The molecule has 0 spiro atoms. The van der Waals surface area contributed by atoms with Crippen LogP contribution in [0.5, 0.6) is 0 Å². The van der Waals surface area contributed by atoms with Gasteiger partial charge in [0.1, 0.15) is 17.6 Å². The fraction of sp³-hybridized carbons (Fsp3) is 0.300. The number of hydroxylamine groups is 1. The molecule has 1 unspecified atom stereocenters. The second kappa shape index (κ2) is 8.46. The minimum absolute atomic E-state index is 0.210. The highest BCUT2D eigenvalue weighted by Crippen LogP contribution is 2.29. The van der Waals surface area contributed by atoms with E-state index in [2.05, 4.69) is 20.8 Å². The predicted octanol–water partition coefficient (Wildman–Crippen LogP) is 1.63. The molecule has 2 aromatic rings. The van der Waals surface area contributed by atoms with E-state index in [1.807, 2.05) is 0 Å². The maximum absolute atomic E-state index is 14.8. The topological polar surface area (TPSA) is 105 Å². The van der Waals surface area contributed by atoms with E-state index < -0.39 is 18.0 Å². The van der Waals surface area contributed by atoms with Crippen molar-refractivity contribution >= 4 is 23.5 Å². The van der Waals surface area contributed by atoms with Gasteiger partial charge in [-0.25, -0.2) is 14.7 Å². The minimum Gasteiger partial charge on any atom is -0.442 e. The monoisotopic (exact) mass is 413 g/mol. The molecule has 1 aromatic carbocycles. The summed E-state index contributed by atoms with van der Waals surface area (Å²) in [7, 11) is 0. The molecule has 1 saturated heterocycles. The lowest BCUT2D eigenvalue weighted by molar-refractivity contribution is -0.119. The van der Waals surface area contributed by atoms with Crippen LogP contribution in [0.4, 0.5) is 14.9 Å². The summed E-state index contributed by atoms with van der Waals surface area (Å²) in [6.07, 6.45) is 0.493. The Bertz CT molecular complexity index is 995. The van der Waals surface area contributed by atoms with Gasteiger partial charge in [-0.05, 0) is 24.3 Å². The van der Waals surface area contributed by atoms with Crippen LogP contribution in [0.15, 0.2) is 41.5 Å². The summed E-state index contributed by atoms with van der Waals surface area (Å²) >= 11 is 0. The minimum atomic E-state index is -0.577. The molecule has 30 heavy (non-hydrogen) atoms. The van der Waals surface area contributed by atoms with Crippen molar-refractivity contribution in [1.29, 1.82) is 0 Å². The molecule has 1 atom stereocenters. The van der Waals surface area contributed by atoms with Crippen LogP contribution < -0.4 is 15.7 Å². The average Bonchev–Trinajstić information content (AvgIpc) is 3.13. The SMILES string of the molecule is CC(=O)NCC1CN(c2ccc(-c3ccc(C4=NCCON4)nc3)c(F)c2)C(=O)O1. The quantitative estimate of drug-likeness (QED) is 0.772. The number of carbonyl (C=O) groups is 2. The molecule has 2 aliphatic rings. The molecular weight excluding hydrogens is 393 g/mol. The lowest BCUT2D eigenvalue weighted by atomic mass is 10.1. The summed E-state index contributed by atoms with van der Waals surface area (Å²) in [5, 5.41) is 2.61. The molecule has 0 saturated carbocycles. The first-order valence-electron chi connectivity index (χ1n) is 9.42. The molecule has 10 heteroatoms. The van der Waals surface area contributed by atoms with Crippen LogP contribution in [0, 0.1) is 5.82 Å². The van der Waals surface area contributed by atoms with E-state index in [9.17, 15) is 14.0 Å². The highest BCUT2D eigenvalue weighted by atomic mass is 19.1. The van der Waals surface area contributed by atoms with Gasteiger partial charge in [0.05, 0.1) is 31.9 Å². The maximum atomic E-state index is 14.8. The van der Waals surface area contributed by atoms with Crippen molar-refractivity contribution in [3.63, 3.8) is 0 Å². The Morgan fingerprint density at radius 1 is 1.37 bits per heavy atom. The number of aliphatic imine (C=N–C) groups is 1. The Morgan fingerprint density at radius 3 is 2.90 bits per heavy atom. The molecule has 156 valence electrons. The third-order valence-corrected chi connectivity index (χ3v) is 4.67. The van der Waals surface area contributed by atoms with Gasteiger partial charge in [-0.15, -0.1) is 0 Å². The van der Waals surface area contributed by atoms with Crippen molar-refractivity contribution in [3.8, 4) is 11.1 Å². The highest BCUT2D eigenvalue weighted by Gasteiger charge is 2.32. The van der Waals surface area contributed by atoms with Crippen molar-refractivity contribution in [2.75, 3.05) is 31.1 Å². The number of hydrogen-bond donors (Lipinski definition) is 2. The molecule has 9 nitrogen and oxygen atoms in total. The number of nitrogens with zero attached hydrogens (tertiary/aromatic N) is 3. The second-order valence-corrected chi connectivity index (χ2v) is 6.83. The normalized spacial score (nSPS) is 18.5. The Balaban J connectivity index is 1.49. The molecular formula is C20H20FN5O4. The number of amides is 2. The van der Waals surface area contributed by atoms with Crippen LogP contribution in [0.2, 0.25) is 0 Å². The van der Waals surface area contributed by atoms with Gasteiger partial charge >= 0.3 is 6.09 Å². The van der Waals surface area contributed by atoms with Gasteiger partial charge in [0.2, 0.25) is 5.91 Å². The summed E-state index contributed by atoms with van der Waals surface area (Å²) < 4.78 is 20.0. The van der Waals surface area contributed by atoms with Gasteiger partial charge in [-0.1, -0.05) is 6.07 Å². The predicted molar refractivity (Wildman–Crippen MR) is 106 cm³/mol. The fourth-order valence-electron chi connectivity index (χ4n) is 3.18. The van der Waals surface area contributed by atoms with E-state index >= 15 is 0 Å². The molecule has 0 bridgehead atoms. The number of benzene rings is 1. The second-order valence-electron chi connectivity index (χ2n) is 6.83. The van der Waals surface area contributed by atoms with Crippen molar-refractivity contribution in [1.82, 2.24) is 15.8 Å². The number of halogens is 1. The van der Waals surface area contributed by atoms with Crippen molar-refractivity contribution < 1.29 is 23.6 Å². The molecule has 2 aliphatic heterocycles. The summed E-state index contributed by atoms with van der Waals surface area (Å²) in [4.78, 5) is 38.2. The van der Waals surface area contributed by atoms with E-state index in [1.54, 1.807) is 30.5 Å². The summed E-state index contributed by atoms with van der Waals surface area (Å²) in [5.74, 6) is -0.167. The van der Waals surface area contributed by atoms with E-state index in [1.165, 1.54) is 17.9 Å². The van der Waals surface area contributed by atoms with E-state index in [-0.39, 0.29) is 19.0 Å². The molecule has 4 rings (SSSR count). The number of aromatic nitrogens is 1. The molecule has 2 amide bonds. The Labute approximate surface area is 171 Å². The first kappa shape index (κ1) is 19.8. The van der Waals surface area contributed by atoms with E-state index in [0.717, 1.165) is 0 Å².